The number of hydrogen-bond donors (Lipinski definition) is 0. The minimum Gasteiger partial charge on any atom is -0.493 e. The van der Waals surface area contributed by atoms with Gasteiger partial charge in [-0.3, -0.25) is 4.79 Å². The first-order valence-electron chi connectivity index (χ1n) is 11.3. The summed E-state index contributed by atoms with van der Waals surface area (Å²) in [4.78, 5) is 26.8. The van der Waals surface area contributed by atoms with Crippen molar-refractivity contribution in [3.8, 4) is 11.5 Å². The molecule has 1 fully saturated rings. The molecule has 0 bridgehead atoms. The van der Waals surface area contributed by atoms with Gasteiger partial charge in [0.2, 0.25) is 5.91 Å². The van der Waals surface area contributed by atoms with Gasteiger partial charge in [0.15, 0.2) is 11.5 Å². The number of amides is 1. The Kier molecular flexibility index (Phi) is 6.75. The molecule has 0 radical (unpaired) electrons. The number of carbonyl (C=O) groups is 2. The van der Waals surface area contributed by atoms with E-state index in [0.717, 1.165) is 48.7 Å². The molecule has 1 atom stereocenters. The third-order valence-electron chi connectivity index (χ3n) is 6.50. The number of fused-ring (bicyclic) bond motifs is 1. The fourth-order valence-corrected chi connectivity index (χ4v) is 5.12. The molecule has 0 saturated heterocycles. The molecule has 0 aromatic heterocycles. The van der Waals surface area contributed by atoms with E-state index in [1.54, 1.807) is 7.11 Å². The van der Waals surface area contributed by atoms with E-state index >= 15 is 0 Å². The van der Waals surface area contributed by atoms with E-state index in [1.807, 2.05) is 55.1 Å². The Balaban J connectivity index is 1.81. The van der Waals surface area contributed by atoms with Crippen molar-refractivity contribution in [2.75, 3.05) is 7.11 Å². The first kappa shape index (κ1) is 22.7. The third-order valence-corrected chi connectivity index (χ3v) is 6.76. The van der Waals surface area contributed by atoms with Gasteiger partial charge in [-0.05, 0) is 80.5 Å². The SMILES string of the molecule is COc1cc2c(cc1OC(C)C)C(c1ccc(Cl)cc1)N(C1CCC(C=O)CC1)C(=O)C2. The zero-order chi connectivity index (χ0) is 22.8. The molecule has 4 rings (SSSR count). The molecule has 0 N–H and O–H groups in total. The second kappa shape index (κ2) is 9.53. The van der Waals surface area contributed by atoms with E-state index in [-0.39, 0.29) is 30.0 Å². The maximum atomic E-state index is 13.5. The number of hydrogen-bond acceptors (Lipinski definition) is 4. The molecule has 32 heavy (non-hydrogen) atoms. The summed E-state index contributed by atoms with van der Waals surface area (Å²) < 4.78 is 11.6. The lowest BCUT2D eigenvalue weighted by Crippen LogP contribution is -2.48. The minimum absolute atomic E-state index is 0.00382. The molecule has 2 aromatic rings. The fourth-order valence-electron chi connectivity index (χ4n) is 4.99. The van der Waals surface area contributed by atoms with Gasteiger partial charge in [0.25, 0.3) is 0 Å². The smallest absolute Gasteiger partial charge is 0.228 e. The van der Waals surface area contributed by atoms with E-state index in [0.29, 0.717) is 22.9 Å². The zero-order valence-electron chi connectivity index (χ0n) is 18.8. The van der Waals surface area contributed by atoms with Gasteiger partial charge in [0.1, 0.15) is 6.29 Å². The van der Waals surface area contributed by atoms with Crippen LogP contribution >= 0.6 is 11.6 Å². The van der Waals surface area contributed by atoms with Gasteiger partial charge in [-0.15, -0.1) is 0 Å². The number of benzene rings is 2. The maximum absolute atomic E-state index is 13.5. The van der Waals surface area contributed by atoms with Crippen molar-refractivity contribution in [1.29, 1.82) is 0 Å². The number of carbonyl (C=O) groups excluding carboxylic acids is 2. The molecule has 1 aliphatic carbocycles. The van der Waals surface area contributed by atoms with Gasteiger partial charge in [-0.2, -0.15) is 0 Å². The summed E-state index contributed by atoms with van der Waals surface area (Å²) in [5, 5.41) is 0.660. The number of halogens is 1. The number of ether oxygens (including phenoxy) is 2. The highest BCUT2D eigenvalue weighted by Gasteiger charge is 2.40. The summed E-state index contributed by atoms with van der Waals surface area (Å²) >= 11 is 6.17. The van der Waals surface area contributed by atoms with Crippen LogP contribution in [0.5, 0.6) is 11.5 Å². The summed E-state index contributed by atoms with van der Waals surface area (Å²) in [7, 11) is 1.62. The van der Waals surface area contributed by atoms with Gasteiger partial charge in [0, 0.05) is 17.0 Å². The van der Waals surface area contributed by atoms with Crippen molar-refractivity contribution < 1.29 is 19.1 Å². The molecule has 170 valence electrons. The van der Waals surface area contributed by atoms with E-state index in [9.17, 15) is 9.59 Å². The largest absolute Gasteiger partial charge is 0.493 e. The molecule has 1 unspecified atom stereocenters. The van der Waals surface area contributed by atoms with E-state index < -0.39 is 0 Å². The van der Waals surface area contributed by atoms with Crippen LogP contribution < -0.4 is 9.47 Å². The Morgan fingerprint density at radius 2 is 1.75 bits per heavy atom. The summed E-state index contributed by atoms with van der Waals surface area (Å²) in [5.74, 6) is 1.52. The van der Waals surface area contributed by atoms with Crippen molar-refractivity contribution in [2.24, 2.45) is 5.92 Å². The van der Waals surface area contributed by atoms with Crippen LogP contribution in [0.25, 0.3) is 0 Å². The minimum atomic E-state index is -0.235. The lowest BCUT2D eigenvalue weighted by Gasteiger charge is -2.44. The first-order chi connectivity index (χ1) is 15.4. The van der Waals surface area contributed by atoms with Crippen LogP contribution in [0.4, 0.5) is 0 Å². The molecule has 0 spiro atoms. The third kappa shape index (κ3) is 4.49. The second-order valence-corrected chi connectivity index (χ2v) is 9.44. The quantitative estimate of drug-likeness (QED) is 0.549. The predicted octanol–water partition coefficient (Wildman–Crippen LogP) is 5.37. The van der Waals surface area contributed by atoms with Crippen LogP contribution in [0, 0.1) is 5.92 Å². The summed E-state index contributed by atoms with van der Waals surface area (Å²) in [6.07, 6.45) is 4.69. The number of aldehydes is 1. The predicted molar refractivity (Wildman–Crippen MR) is 124 cm³/mol. The lowest BCUT2D eigenvalue weighted by molar-refractivity contribution is -0.137. The molecule has 1 aliphatic heterocycles. The Hall–Kier alpha value is -2.53. The lowest BCUT2D eigenvalue weighted by atomic mass is 9.81. The number of rotatable bonds is 6. The Labute approximate surface area is 194 Å². The average molecular weight is 456 g/mol. The summed E-state index contributed by atoms with van der Waals surface area (Å²) in [6.45, 7) is 3.97. The van der Waals surface area contributed by atoms with Gasteiger partial charge in [-0.1, -0.05) is 23.7 Å². The molecule has 2 aromatic carbocycles. The highest BCUT2D eigenvalue weighted by molar-refractivity contribution is 6.30. The van der Waals surface area contributed by atoms with E-state index in [2.05, 4.69) is 0 Å². The van der Waals surface area contributed by atoms with Crippen LogP contribution in [-0.2, 0) is 16.0 Å². The topological polar surface area (TPSA) is 55.8 Å². The van der Waals surface area contributed by atoms with Gasteiger partial charge in [0.05, 0.1) is 25.7 Å². The Morgan fingerprint density at radius 3 is 2.34 bits per heavy atom. The molecule has 1 amide bonds. The fraction of sp³-hybridized carbons (Fsp3) is 0.462. The number of methoxy groups -OCH3 is 1. The Bertz CT molecular complexity index is 980. The molecule has 1 heterocycles. The molecule has 6 heteroatoms. The van der Waals surface area contributed by atoms with Crippen LogP contribution in [0.15, 0.2) is 36.4 Å². The molecule has 5 nitrogen and oxygen atoms in total. The van der Waals surface area contributed by atoms with Crippen molar-refractivity contribution in [1.82, 2.24) is 4.90 Å². The molecule has 1 saturated carbocycles. The van der Waals surface area contributed by atoms with Crippen LogP contribution in [0.1, 0.15) is 62.3 Å². The van der Waals surface area contributed by atoms with Crippen LogP contribution in [-0.4, -0.2) is 36.3 Å². The molecule has 2 aliphatic rings. The average Bonchev–Trinajstić information content (AvgIpc) is 2.78. The number of nitrogens with zero attached hydrogens (tertiary/aromatic N) is 1. The highest BCUT2D eigenvalue weighted by atomic mass is 35.5. The van der Waals surface area contributed by atoms with Crippen molar-refractivity contribution in [3.05, 3.63) is 58.1 Å². The van der Waals surface area contributed by atoms with E-state index in [4.69, 9.17) is 21.1 Å². The maximum Gasteiger partial charge on any atom is 0.228 e. The van der Waals surface area contributed by atoms with Crippen LogP contribution in [0.3, 0.4) is 0 Å². The van der Waals surface area contributed by atoms with Crippen molar-refractivity contribution in [3.63, 3.8) is 0 Å². The monoisotopic (exact) mass is 455 g/mol. The first-order valence-corrected chi connectivity index (χ1v) is 11.7. The Morgan fingerprint density at radius 1 is 1.06 bits per heavy atom. The second-order valence-electron chi connectivity index (χ2n) is 9.01. The van der Waals surface area contributed by atoms with Crippen molar-refractivity contribution >= 4 is 23.8 Å². The van der Waals surface area contributed by atoms with Gasteiger partial charge >= 0.3 is 0 Å². The standard InChI is InChI=1S/C26H30ClNO4/c1-16(2)32-24-14-22-19(12-23(24)31-3)13-25(30)28(21-10-4-17(15-29)5-11-21)26(22)18-6-8-20(27)9-7-18/h6-9,12,14-17,21,26H,4-5,10-11,13H2,1-3H3. The van der Waals surface area contributed by atoms with Crippen LogP contribution in [0.2, 0.25) is 5.02 Å². The normalized spacial score (nSPS) is 23.1. The molecular weight excluding hydrogens is 426 g/mol. The van der Waals surface area contributed by atoms with Gasteiger partial charge in [-0.25, -0.2) is 0 Å². The van der Waals surface area contributed by atoms with E-state index in [1.165, 1.54) is 0 Å². The summed E-state index contributed by atoms with van der Waals surface area (Å²) in [6, 6.07) is 11.6. The van der Waals surface area contributed by atoms with Crippen molar-refractivity contribution in [2.45, 2.75) is 64.1 Å². The zero-order valence-corrected chi connectivity index (χ0v) is 19.6. The summed E-state index contributed by atoms with van der Waals surface area (Å²) in [5.41, 5.74) is 3.03. The molecular formula is C26H30ClNO4. The highest BCUT2D eigenvalue weighted by Crippen LogP contribution is 2.44. The van der Waals surface area contributed by atoms with Gasteiger partial charge < -0.3 is 19.2 Å².